The molecule has 6 nitrogen and oxygen atoms in total. The fraction of sp³-hybridized carbons (Fsp3) is 0.0556. The largest absolute Gasteiger partial charge is 0.462 e. The lowest BCUT2D eigenvalue weighted by Crippen LogP contribution is -2.05. The third-order valence-corrected chi connectivity index (χ3v) is 4.41. The van der Waals surface area contributed by atoms with Gasteiger partial charge in [0.05, 0.1) is 17.7 Å². The van der Waals surface area contributed by atoms with Gasteiger partial charge in [-0.2, -0.15) is 5.10 Å². The van der Waals surface area contributed by atoms with E-state index < -0.39 is 5.97 Å². The Bertz CT molecular complexity index is 974. The molecule has 124 valence electrons. The van der Waals surface area contributed by atoms with E-state index in [-0.39, 0.29) is 6.61 Å². The van der Waals surface area contributed by atoms with E-state index in [0.29, 0.717) is 22.8 Å². The Morgan fingerprint density at radius 1 is 1.20 bits per heavy atom. The number of ether oxygens (including phenoxy) is 1. The number of thiazole rings is 1. The highest BCUT2D eigenvalue weighted by atomic mass is 32.1. The van der Waals surface area contributed by atoms with Crippen LogP contribution in [0.5, 0.6) is 0 Å². The van der Waals surface area contributed by atoms with Gasteiger partial charge in [-0.05, 0) is 18.2 Å². The van der Waals surface area contributed by atoms with Crippen molar-refractivity contribution in [2.45, 2.75) is 6.61 Å². The minimum Gasteiger partial charge on any atom is -0.462 e. The fourth-order valence-corrected chi connectivity index (χ4v) is 3.06. The molecular weight excluding hydrogens is 338 g/mol. The molecule has 0 saturated heterocycles. The molecule has 3 aromatic heterocycles. The quantitative estimate of drug-likeness (QED) is 0.546. The summed E-state index contributed by atoms with van der Waals surface area (Å²) in [5.41, 5.74) is 2.61. The number of carbonyl (C=O) groups excluding carboxylic acids is 1. The van der Waals surface area contributed by atoms with Gasteiger partial charge in [-0.15, -0.1) is 11.3 Å². The van der Waals surface area contributed by atoms with Gasteiger partial charge in [-0.25, -0.2) is 9.78 Å². The van der Waals surface area contributed by atoms with Crippen molar-refractivity contribution in [1.82, 2.24) is 15.2 Å². The summed E-state index contributed by atoms with van der Waals surface area (Å²) in [6.45, 7) is 0.0930. The average Bonchev–Trinajstić information content (AvgIpc) is 3.41. The molecule has 0 bridgehead atoms. The first-order chi connectivity index (χ1) is 12.3. The molecule has 0 saturated carbocycles. The maximum Gasteiger partial charge on any atom is 0.356 e. The molecule has 25 heavy (non-hydrogen) atoms. The van der Waals surface area contributed by atoms with Crippen molar-refractivity contribution >= 4 is 17.3 Å². The smallest absolute Gasteiger partial charge is 0.356 e. The number of furan rings is 1. The summed E-state index contributed by atoms with van der Waals surface area (Å²) in [7, 11) is 0. The number of benzene rings is 1. The van der Waals surface area contributed by atoms with Gasteiger partial charge in [-0.1, -0.05) is 30.3 Å². The van der Waals surface area contributed by atoms with Crippen molar-refractivity contribution in [1.29, 1.82) is 0 Å². The van der Waals surface area contributed by atoms with Crippen LogP contribution in [0.3, 0.4) is 0 Å². The molecule has 0 aliphatic carbocycles. The topological polar surface area (TPSA) is 81.0 Å². The summed E-state index contributed by atoms with van der Waals surface area (Å²) < 4.78 is 10.6. The summed E-state index contributed by atoms with van der Waals surface area (Å²) in [4.78, 5) is 16.6. The number of carbonyl (C=O) groups is 1. The molecule has 4 aromatic rings. The maximum absolute atomic E-state index is 12.2. The van der Waals surface area contributed by atoms with Crippen LogP contribution in [0.15, 0.2) is 64.6 Å². The third kappa shape index (κ3) is 3.36. The Morgan fingerprint density at radius 2 is 2.08 bits per heavy atom. The Hall–Kier alpha value is -3.19. The molecule has 0 amide bonds. The van der Waals surface area contributed by atoms with E-state index >= 15 is 0 Å². The maximum atomic E-state index is 12.2. The molecule has 0 aliphatic heterocycles. The number of nitrogens with one attached hydrogen (secondary N) is 1. The van der Waals surface area contributed by atoms with Crippen molar-refractivity contribution in [2.75, 3.05) is 0 Å². The van der Waals surface area contributed by atoms with E-state index in [1.54, 1.807) is 18.4 Å². The number of hydrogen-bond donors (Lipinski definition) is 1. The van der Waals surface area contributed by atoms with Crippen LogP contribution in [0.2, 0.25) is 0 Å². The van der Waals surface area contributed by atoms with Gasteiger partial charge < -0.3 is 9.15 Å². The molecule has 1 aromatic carbocycles. The molecule has 4 rings (SSSR count). The molecule has 0 fully saturated rings. The average molecular weight is 351 g/mol. The van der Waals surface area contributed by atoms with E-state index in [2.05, 4.69) is 15.2 Å². The van der Waals surface area contributed by atoms with Gasteiger partial charge in [0, 0.05) is 10.9 Å². The monoisotopic (exact) mass is 351 g/mol. The van der Waals surface area contributed by atoms with Crippen LogP contribution in [-0.4, -0.2) is 21.2 Å². The van der Waals surface area contributed by atoms with E-state index in [1.807, 2.05) is 41.8 Å². The van der Waals surface area contributed by atoms with Crippen molar-refractivity contribution in [2.24, 2.45) is 0 Å². The van der Waals surface area contributed by atoms with E-state index in [4.69, 9.17) is 9.15 Å². The van der Waals surface area contributed by atoms with E-state index in [9.17, 15) is 4.79 Å². The van der Waals surface area contributed by atoms with Crippen LogP contribution in [0, 0.1) is 0 Å². The van der Waals surface area contributed by atoms with Crippen LogP contribution in [-0.2, 0) is 11.3 Å². The second kappa shape index (κ2) is 6.74. The van der Waals surface area contributed by atoms with Crippen LogP contribution < -0.4 is 0 Å². The molecule has 1 N–H and O–H groups in total. The third-order valence-electron chi connectivity index (χ3n) is 3.50. The predicted molar refractivity (Wildman–Crippen MR) is 93.0 cm³/mol. The zero-order valence-corrected chi connectivity index (χ0v) is 13.8. The minimum absolute atomic E-state index is 0.0930. The summed E-state index contributed by atoms with van der Waals surface area (Å²) in [6.07, 6.45) is 1.60. The number of aromatic nitrogens is 3. The second-order valence-corrected chi connectivity index (χ2v) is 6.09. The summed E-state index contributed by atoms with van der Waals surface area (Å²) >= 11 is 1.44. The van der Waals surface area contributed by atoms with Gasteiger partial charge in [0.15, 0.2) is 10.8 Å². The first-order valence-corrected chi connectivity index (χ1v) is 8.44. The highest BCUT2D eigenvalue weighted by Gasteiger charge is 2.14. The lowest BCUT2D eigenvalue weighted by Gasteiger charge is -1.99. The number of H-pyrrole nitrogens is 1. The van der Waals surface area contributed by atoms with Gasteiger partial charge in [0.25, 0.3) is 0 Å². The Morgan fingerprint density at radius 3 is 2.88 bits per heavy atom. The van der Waals surface area contributed by atoms with Gasteiger partial charge >= 0.3 is 5.97 Å². The van der Waals surface area contributed by atoms with Gasteiger partial charge in [0.1, 0.15) is 12.3 Å². The SMILES string of the molecule is O=C(OCc1csc(-c2ccco2)n1)c1cc(-c2ccccc2)n[nH]1. The number of rotatable bonds is 5. The molecule has 0 spiro atoms. The second-order valence-electron chi connectivity index (χ2n) is 5.23. The standard InChI is InChI=1S/C18H13N3O3S/c22-18(15-9-14(20-21-15)12-5-2-1-3-6-12)24-10-13-11-25-17(19-13)16-7-4-8-23-16/h1-9,11H,10H2,(H,20,21). The zero-order valence-electron chi connectivity index (χ0n) is 13.0. The first-order valence-electron chi connectivity index (χ1n) is 7.56. The lowest BCUT2D eigenvalue weighted by molar-refractivity contribution is 0.0461. The number of hydrogen-bond acceptors (Lipinski definition) is 6. The molecule has 3 heterocycles. The molecule has 0 radical (unpaired) electrons. The Kier molecular flexibility index (Phi) is 4.14. The van der Waals surface area contributed by atoms with Gasteiger partial charge in [-0.3, -0.25) is 5.10 Å². The summed E-state index contributed by atoms with van der Waals surface area (Å²) in [6, 6.07) is 14.9. The summed E-state index contributed by atoms with van der Waals surface area (Å²) in [5, 5.41) is 9.45. The minimum atomic E-state index is -0.470. The first kappa shape index (κ1) is 15.3. The zero-order chi connectivity index (χ0) is 17.1. The number of nitrogens with zero attached hydrogens (tertiary/aromatic N) is 2. The van der Waals surface area contributed by atoms with Crippen molar-refractivity contribution in [3.8, 4) is 22.0 Å². The summed E-state index contributed by atoms with van der Waals surface area (Å²) in [5.74, 6) is 0.228. The van der Waals surface area contributed by atoms with Crippen LogP contribution in [0.25, 0.3) is 22.0 Å². The van der Waals surface area contributed by atoms with Crippen molar-refractivity contribution in [3.05, 3.63) is 71.6 Å². The van der Waals surface area contributed by atoms with Gasteiger partial charge in [0.2, 0.25) is 0 Å². The normalized spacial score (nSPS) is 10.7. The Balaban J connectivity index is 1.40. The molecule has 0 atom stereocenters. The van der Waals surface area contributed by atoms with E-state index in [1.165, 1.54) is 11.3 Å². The number of esters is 1. The molecule has 0 unspecified atom stereocenters. The molecular formula is C18H13N3O3S. The highest BCUT2D eigenvalue weighted by Crippen LogP contribution is 2.24. The predicted octanol–water partition coefficient (Wildman–Crippen LogP) is 4.15. The van der Waals surface area contributed by atoms with Crippen LogP contribution in [0.4, 0.5) is 0 Å². The number of aromatic amines is 1. The van der Waals surface area contributed by atoms with Crippen LogP contribution >= 0.6 is 11.3 Å². The highest BCUT2D eigenvalue weighted by molar-refractivity contribution is 7.13. The lowest BCUT2D eigenvalue weighted by atomic mass is 10.1. The molecule has 0 aliphatic rings. The van der Waals surface area contributed by atoms with Crippen molar-refractivity contribution in [3.63, 3.8) is 0 Å². The molecule has 7 heteroatoms. The Labute approximate surface area is 147 Å². The van der Waals surface area contributed by atoms with Crippen molar-refractivity contribution < 1.29 is 13.9 Å². The van der Waals surface area contributed by atoms with Crippen LogP contribution in [0.1, 0.15) is 16.2 Å². The van der Waals surface area contributed by atoms with E-state index in [0.717, 1.165) is 10.6 Å². The fourth-order valence-electron chi connectivity index (χ4n) is 2.29.